The number of para-hydroxylation sites is 1. The summed E-state index contributed by atoms with van der Waals surface area (Å²) in [6, 6.07) is 14.8. The Kier molecular flexibility index (Phi) is 6.39. The van der Waals surface area contributed by atoms with Gasteiger partial charge < -0.3 is 14.8 Å². The van der Waals surface area contributed by atoms with E-state index in [2.05, 4.69) is 10.3 Å². The molecule has 1 heterocycles. The van der Waals surface area contributed by atoms with E-state index in [1.54, 1.807) is 25.3 Å². The Morgan fingerprint density at radius 1 is 1.14 bits per heavy atom. The number of benzene rings is 2. The third-order valence-electron chi connectivity index (χ3n) is 3.94. The van der Waals surface area contributed by atoms with Crippen molar-refractivity contribution in [3.8, 4) is 16.3 Å². The van der Waals surface area contributed by atoms with Gasteiger partial charge in [0.25, 0.3) is 5.91 Å². The van der Waals surface area contributed by atoms with Gasteiger partial charge >= 0.3 is 5.97 Å². The molecule has 144 valence electrons. The van der Waals surface area contributed by atoms with E-state index < -0.39 is 5.97 Å². The number of methoxy groups -OCH3 is 1. The molecule has 0 unspecified atom stereocenters. The molecule has 1 aromatic heterocycles. The van der Waals surface area contributed by atoms with Gasteiger partial charge in [0.15, 0.2) is 0 Å². The Morgan fingerprint density at radius 3 is 2.75 bits per heavy atom. The summed E-state index contributed by atoms with van der Waals surface area (Å²) in [6.45, 7) is 1.75. The lowest BCUT2D eigenvalue weighted by atomic mass is 10.1. The first-order chi connectivity index (χ1) is 13.6. The molecule has 1 N–H and O–H groups in total. The van der Waals surface area contributed by atoms with Crippen LogP contribution in [-0.2, 0) is 16.1 Å². The molecule has 2 aromatic carbocycles. The number of aromatic nitrogens is 1. The molecule has 1 amide bonds. The predicted octanol–water partition coefficient (Wildman–Crippen LogP) is 3.60. The Morgan fingerprint density at radius 2 is 1.96 bits per heavy atom. The number of thiazole rings is 1. The third-order valence-corrected chi connectivity index (χ3v) is 4.87. The van der Waals surface area contributed by atoms with Gasteiger partial charge in [-0.15, -0.1) is 11.3 Å². The number of ether oxygens (including phenoxy) is 2. The molecule has 3 aromatic rings. The number of carbonyl (C=O) groups is 2. The second-order valence-electron chi connectivity index (χ2n) is 6.06. The van der Waals surface area contributed by atoms with Crippen molar-refractivity contribution in [2.75, 3.05) is 13.7 Å². The zero-order chi connectivity index (χ0) is 19.9. The fourth-order valence-electron chi connectivity index (χ4n) is 2.56. The van der Waals surface area contributed by atoms with Gasteiger partial charge in [-0.3, -0.25) is 9.59 Å². The lowest BCUT2D eigenvalue weighted by Gasteiger charge is -2.06. The van der Waals surface area contributed by atoms with E-state index in [9.17, 15) is 9.59 Å². The first kappa shape index (κ1) is 19.6. The number of carbonyl (C=O) groups excluding carboxylic acids is 2. The van der Waals surface area contributed by atoms with Crippen molar-refractivity contribution in [2.45, 2.75) is 13.5 Å². The summed E-state index contributed by atoms with van der Waals surface area (Å²) >= 11 is 1.45. The molecule has 28 heavy (non-hydrogen) atoms. The molecular formula is C21H20N2O4S. The minimum atomic E-state index is -0.521. The van der Waals surface area contributed by atoms with Gasteiger partial charge in [0, 0.05) is 10.9 Å². The highest BCUT2D eigenvalue weighted by atomic mass is 32.1. The summed E-state index contributed by atoms with van der Waals surface area (Å²) in [5.41, 5.74) is 3.01. The van der Waals surface area contributed by atoms with Crippen LogP contribution < -0.4 is 10.1 Å². The molecule has 0 aliphatic rings. The third kappa shape index (κ3) is 4.95. The van der Waals surface area contributed by atoms with E-state index in [4.69, 9.17) is 9.47 Å². The standard InChI is InChI=1S/C21H20N2O4S/c1-14-6-5-7-15(10-14)20(25)22-11-19(24)27-12-16-13-28-21(23-16)17-8-3-4-9-18(17)26-2/h3-10,13H,11-12H2,1-2H3,(H,22,25). The quantitative estimate of drug-likeness (QED) is 0.618. The van der Waals surface area contributed by atoms with Crippen molar-refractivity contribution in [2.24, 2.45) is 0 Å². The highest BCUT2D eigenvalue weighted by Gasteiger charge is 2.12. The van der Waals surface area contributed by atoms with Crippen molar-refractivity contribution >= 4 is 23.2 Å². The second kappa shape index (κ2) is 9.14. The SMILES string of the molecule is COc1ccccc1-c1nc(COC(=O)CNC(=O)c2cccc(C)c2)cs1. The number of amides is 1. The van der Waals surface area contributed by atoms with Crippen LogP contribution in [0, 0.1) is 6.92 Å². The Hall–Kier alpha value is -3.19. The summed E-state index contributed by atoms with van der Waals surface area (Å²) in [4.78, 5) is 28.5. The van der Waals surface area contributed by atoms with Crippen LogP contribution in [0.1, 0.15) is 21.6 Å². The van der Waals surface area contributed by atoms with Crippen molar-refractivity contribution in [3.63, 3.8) is 0 Å². The van der Waals surface area contributed by atoms with Crippen molar-refractivity contribution < 1.29 is 19.1 Å². The van der Waals surface area contributed by atoms with Gasteiger partial charge in [0.05, 0.1) is 18.4 Å². The monoisotopic (exact) mass is 396 g/mol. The topological polar surface area (TPSA) is 77.5 Å². The predicted molar refractivity (Wildman–Crippen MR) is 107 cm³/mol. The Balaban J connectivity index is 1.51. The van der Waals surface area contributed by atoms with E-state index in [1.807, 2.05) is 42.6 Å². The number of nitrogens with one attached hydrogen (secondary N) is 1. The fraction of sp³-hybridized carbons (Fsp3) is 0.190. The summed E-state index contributed by atoms with van der Waals surface area (Å²) < 4.78 is 10.5. The van der Waals surface area contributed by atoms with Crippen LogP contribution in [0.5, 0.6) is 5.75 Å². The van der Waals surface area contributed by atoms with Crippen LogP contribution in [-0.4, -0.2) is 30.5 Å². The molecule has 0 radical (unpaired) electrons. The minimum Gasteiger partial charge on any atom is -0.496 e. The van der Waals surface area contributed by atoms with Gasteiger partial charge in [-0.1, -0.05) is 29.8 Å². The number of nitrogens with zero attached hydrogens (tertiary/aromatic N) is 1. The number of aryl methyl sites for hydroxylation is 1. The molecule has 6 nitrogen and oxygen atoms in total. The van der Waals surface area contributed by atoms with Gasteiger partial charge in [0.1, 0.15) is 23.9 Å². The second-order valence-corrected chi connectivity index (χ2v) is 6.92. The molecule has 0 saturated carbocycles. The molecule has 7 heteroatoms. The maximum Gasteiger partial charge on any atom is 0.325 e. The fourth-order valence-corrected chi connectivity index (χ4v) is 3.40. The molecule has 0 aliphatic heterocycles. The largest absolute Gasteiger partial charge is 0.496 e. The molecule has 0 bridgehead atoms. The molecule has 3 rings (SSSR count). The van der Waals surface area contributed by atoms with Crippen LogP contribution >= 0.6 is 11.3 Å². The highest BCUT2D eigenvalue weighted by molar-refractivity contribution is 7.13. The molecule has 0 atom stereocenters. The maximum atomic E-state index is 12.1. The summed E-state index contributed by atoms with van der Waals surface area (Å²) in [6.07, 6.45) is 0. The Bertz CT molecular complexity index is 984. The van der Waals surface area contributed by atoms with Crippen LogP contribution in [0.4, 0.5) is 0 Å². The van der Waals surface area contributed by atoms with Crippen LogP contribution in [0.2, 0.25) is 0 Å². The lowest BCUT2D eigenvalue weighted by molar-refractivity contribution is -0.143. The molecule has 0 spiro atoms. The van der Waals surface area contributed by atoms with Crippen molar-refractivity contribution in [3.05, 3.63) is 70.7 Å². The van der Waals surface area contributed by atoms with Gasteiger partial charge in [-0.2, -0.15) is 0 Å². The van der Waals surface area contributed by atoms with Crippen LogP contribution in [0.15, 0.2) is 53.9 Å². The number of hydrogen-bond acceptors (Lipinski definition) is 6. The van der Waals surface area contributed by atoms with E-state index in [1.165, 1.54) is 11.3 Å². The normalized spacial score (nSPS) is 10.4. The maximum absolute atomic E-state index is 12.1. The minimum absolute atomic E-state index is 0.0464. The van der Waals surface area contributed by atoms with Gasteiger partial charge in [-0.05, 0) is 31.2 Å². The smallest absolute Gasteiger partial charge is 0.325 e. The molecule has 0 fully saturated rings. The average Bonchev–Trinajstić information content (AvgIpc) is 3.19. The summed E-state index contributed by atoms with van der Waals surface area (Å²) in [5.74, 6) is -0.0973. The number of hydrogen-bond donors (Lipinski definition) is 1. The molecule has 0 saturated heterocycles. The van der Waals surface area contributed by atoms with Crippen LogP contribution in [0.3, 0.4) is 0 Å². The summed E-state index contributed by atoms with van der Waals surface area (Å²) in [7, 11) is 1.61. The van der Waals surface area contributed by atoms with Crippen molar-refractivity contribution in [1.29, 1.82) is 0 Å². The van der Waals surface area contributed by atoms with E-state index in [-0.39, 0.29) is 19.1 Å². The van der Waals surface area contributed by atoms with Gasteiger partial charge in [0.2, 0.25) is 0 Å². The molecule has 0 aliphatic carbocycles. The van der Waals surface area contributed by atoms with Crippen molar-refractivity contribution in [1.82, 2.24) is 10.3 Å². The Labute approximate surface area is 167 Å². The number of esters is 1. The van der Waals surface area contributed by atoms with Gasteiger partial charge in [-0.25, -0.2) is 4.98 Å². The van der Waals surface area contributed by atoms with Crippen LogP contribution in [0.25, 0.3) is 10.6 Å². The lowest BCUT2D eigenvalue weighted by Crippen LogP contribution is -2.30. The first-order valence-electron chi connectivity index (χ1n) is 8.65. The zero-order valence-electron chi connectivity index (χ0n) is 15.6. The molecular weight excluding hydrogens is 376 g/mol. The highest BCUT2D eigenvalue weighted by Crippen LogP contribution is 2.31. The van der Waals surface area contributed by atoms with E-state index in [0.717, 1.165) is 21.9 Å². The van der Waals surface area contributed by atoms with E-state index in [0.29, 0.717) is 11.3 Å². The average molecular weight is 396 g/mol. The first-order valence-corrected chi connectivity index (χ1v) is 9.53. The number of rotatable bonds is 7. The zero-order valence-corrected chi connectivity index (χ0v) is 16.4. The van der Waals surface area contributed by atoms with E-state index >= 15 is 0 Å². The summed E-state index contributed by atoms with van der Waals surface area (Å²) in [5, 5.41) is 5.18.